The number of piperidine rings is 1. The van der Waals surface area contributed by atoms with E-state index in [4.69, 9.17) is 0 Å². The van der Waals surface area contributed by atoms with Crippen LogP contribution in [-0.2, 0) is 6.18 Å². The highest BCUT2D eigenvalue weighted by Gasteiger charge is 2.36. The van der Waals surface area contributed by atoms with Gasteiger partial charge in [-0.3, -0.25) is 9.89 Å². The summed E-state index contributed by atoms with van der Waals surface area (Å²) in [6.45, 7) is 0.820. The van der Waals surface area contributed by atoms with E-state index in [9.17, 15) is 18.0 Å². The highest BCUT2D eigenvalue weighted by Crippen LogP contribution is 2.33. The summed E-state index contributed by atoms with van der Waals surface area (Å²) < 4.78 is 40.7. The topological polar surface area (TPSA) is 92.1 Å². The van der Waals surface area contributed by atoms with E-state index in [1.807, 2.05) is 0 Å². The van der Waals surface area contributed by atoms with Crippen LogP contribution in [0.2, 0.25) is 0 Å². The Hall–Kier alpha value is -2.98. The smallest absolute Gasteiger partial charge is 0.337 e. The minimum absolute atomic E-state index is 0.105. The molecule has 4 rings (SSSR count). The van der Waals surface area contributed by atoms with Gasteiger partial charge in [0.15, 0.2) is 5.69 Å². The number of hydrogen-bond acceptors (Lipinski definition) is 5. The number of carbonyl (C=O) groups is 1. The Kier molecular flexibility index (Phi) is 3.85. The second kappa shape index (κ2) is 6.07. The predicted molar refractivity (Wildman–Crippen MR) is 82.3 cm³/mol. The molecule has 0 bridgehead atoms. The molecule has 3 aromatic rings. The number of fused-ring (bicyclic) bond motifs is 1. The van der Waals surface area contributed by atoms with Gasteiger partial charge in [0.1, 0.15) is 12.0 Å². The van der Waals surface area contributed by atoms with E-state index in [1.165, 1.54) is 6.20 Å². The largest absolute Gasteiger partial charge is 0.433 e. The van der Waals surface area contributed by atoms with E-state index in [-0.39, 0.29) is 29.8 Å². The number of likely N-dealkylation sites (tertiary alicyclic amines) is 1. The summed E-state index contributed by atoms with van der Waals surface area (Å²) in [6, 6.07) is 2.56. The van der Waals surface area contributed by atoms with Gasteiger partial charge < -0.3 is 4.90 Å². The van der Waals surface area contributed by atoms with Gasteiger partial charge in [-0.2, -0.15) is 32.9 Å². The fourth-order valence-electron chi connectivity index (χ4n) is 3.19. The van der Waals surface area contributed by atoms with Gasteiger partial charge in [0.05, 0.1) is 5.69 Å². The van der Waals surface area contributed by atoms with Crippen molar-refractivity contribution in [1.82, 2.24) is 34.7 Å². The summed E-state index contributed by atoms with van der Waals surface area (Å²) >= 11 is 0. The van der Waals surface area contributed by atoms with Crippen molar-refractivity contribution in [2.75, 3.05) is 13.1 Å². The van der Waals surface area contributed by atoms with Crippen LogP contribution in [0.25, 0.3) is 5.78 Å². The summed E-state index contributed by atoms with van der Waals surface area (Å²) in [4.78, 5) is 22.1. The van der Waals surface area contributed by atoms with Crippen molar-refractivity contribution < 1.29 is 18.0 Å². The molecule has 0 radical (unpaired) electrons. The lowest BCUT2D eigenvalue weighted by atomic mass is 9.94. The van der Waals surface area contributed by atoms with E-state index in [1.54, 1.807) is 11.0 Å². The molecule has 1 aliphatic rings. The Bertz CT molecular complexity index is 935. The van der Waals surface area contributed by atoms with E-state index in [0.717, 1.165) is 12.4 Å². The number of carbonyl (C=O) groups excluding carboxylic acids is 1. The van der Waals surface area contributed by atoms with Crippen LogP contribution in [0.3, 0.4) is 0 Å². The Labute approximate surface area is 145 Å². The highest BCUT2D eigenvalue weighted by atomic mass is 19.4. The number of nitrogens with zero attached hydrogens (tertiary/aromatic N) is 6. The molecule has 11 heteroatoms. The third kappa shape index (κ3) is 2.89. The van der Waals surface area contributed by atoms with Gasteiger partial charge in [-0.05, 0) is 25.0 Å². The van der Waals surface area contributed by atoms with E-state index in [0.29, 0.717) is 29.6 Å². The summed E-state index contributed by atoms with van der Waals surface area (Å²) in [7, 11) is 0. The van der Waals surface area contributed by atoms with Crippen LogP contribution in [0, 0.1) is 0 Å². The maximum absolute atomic E-state index is 13.3. The standard InChI is InChI=1S/C15H14F3N7O/c16-15(17,18)12-6-11(22-14-19-8-21-25(12)14)9-2-1-5-24(7-9)13(26)10-3-4-20-23-10/h3-4,6,8-9H,1-2,5,7H2,(H,20,23). The zero-order valence-corrected chi connectivity index (χ0v) is 13.4. The normalized spacial score (nSPS) is 18.4. The minimum Gasteiger partial charge on any atom is -0.337 e. The van der Waals surface area contributed by atoms with Gasteiger partial charge in [0.25, 0.3) is 11.7 Å². The number of rotatable bonds is 2. The SMILES string of the molecule is O=C(c1ccn[nH]1)N1CCCC(c2cc(C(F)(F)F)n3ncnc3n2)C1. The maximum Gasteiger partial charge on any atom is 0.433 e. The number of aromatic amines is 1. The Morgan fingerprint density at radius 1 is 1.35 bits per heavy atom. The second-order valence-corrected chi connectivity index (χ2v) is 6.10. The summed E-state index contributed by atoms with van der Waals surface area (Å²) in [5.41, 5.74) is -0.311. The first kappa shape index (κ1) is 16.5. The van der Waals surface area contributed by atoms with Crippen LogP contribution in [0.15, 0.2) is 24.7 Å². The molecule has 1 atom stereocenters. The number of amides is 1. The van der Waals surface area contributed by atoms with Gasteiger partial charge in [0.2, 0.25) is 0 Å². The number of alkyl halides is 3. The molecule has 1 amide bonds. The van der Waals surface area contributed by atoms with Crippen LogP contribution in [0.5, 0.6) is 0 Å². The van der Waals surface area contributed by atoms with Crippen molar-refractivity contribution >= 4 is 11.7 Å². The van der Waals surface area contributed by atoms with Crippen LogP contribution in [-0.4, -0.2) is 53.7 Å². The minimum atomic E-state index is -4.58. The van der Waals surface area contributed by atoms with Gasteiger partial charge >= 0.3 is 6.18 Å². The monoisotopic (exact) mass is 365 g/mol. The number of hydrogen-bond donors (Lipinski definition) is 1. The Balaban J connectivity index is 1.66. The zero-order chi connectivity index (χ0) is 18.3. The molecule has 1 fully saturated rings. The van der Waals surface area contributed by atoms with Crippen LogP contribution >= 0.6 is 0 Å². The lowest BCUT2D eigenvalue weighted by Crippen LogP contribution is -2.39. The van der Waals surface area contributed by atoms with Crippen molar-refractivity contribution in [3.8, 4) is 0 Å². The Morgan fingerprint density at radius 3 is 2.92 bits per heavy atom. The quantitative estimate of drug-likeness (QED) is 0.749. The van der Waals surface area contributed by atoms with Crippen molar-refractivity contribution in [3.63, 3.8) is 0 Å². The molecule has 0 spiro atoms. The van der Waals surface area contributed by atoms with E-state index in [2.05, 4.69) is 25.3 Å². The fraction of sp³-hybridized carbons (Fsp3) is 0.400. The van der Waals surface area contributed by atoms with Crippen LogP contribution in [0.4, 0.5) is 13.2 Å². The molecule has 8 nitrogen and oxygen atoms in total. The molecule has 4 heterocycles. The first-order chi connectivity index (χ1) is 12.4. The van der Waals surface area contributed by atoms with Gasteiger partial charge in [-0.15, -0.1) is 0 Å². The van der Waals surface area contributed by atoms with Gasteiger partial charge in [-0.1, -0.05) is 0 Å². The lowest BCUT2D eigenvalue weighted by molar-refractivity contribution is -0.142. The molecule has 0 saturated carbocycles. The average Bonchev–Trinajstić information content (AvgIpc) is 3.31. The number of halogens is 3. The summed E-state index contributed by atoms with van der Waals surface area (Å²) in [5, 5.41) is 9.96. The van der Waals surface area contributed by atoms with E-state index < -0.39 is 11.9 Å². The molecule has 1 N–H and O–H groups in total. The van der Waals surface area contributed by atoms with Crippen LogP contribution < -0.4 is 0 Å². The summed E-state index contributed by atoms with van der Waals surface area (Å²) in [5.74, 6) is -0.642. The van der Waals surface area contributed by atoms with Crippen LogP contribution in [0.1, 0.15) is 40.6 Å². The maximum atomic E-state index is 13.3. The molecule has 0 aliphatic carbocycles. The molecule has 1 aliphatic heterocycles. The lowest BCUT2D eigenvalue weighted by Gasteiger charge is -2.32. The third-order valence-corrected chi connectivity index (χ3v) is 4.42. The highest BCUT2D eigenvalue weighted by molar-refractivity contribution is 5.92. The van der Waals surface area contributed by atoms with Crippen molar-refractivity contribution in [3.05, 3.63) is 41.7 Å². The number of nitrogens with one attached hydrogen (secondary N) is 1. The van der Waals surface area contributed by atoms with Gasteiger partial charge in [0, 0.05) is 25.2 Å². The predicted octanol–water partition coefficient (Wildman–Crippen LogP) is 1.89. The van der Waals surface area contributed by atoms with Crippen molar-refractivity contribution in [2.24, 2.45) is 0 Å². The first-order valence-electron chi connectivity index (χ1n) is 8.00. The number of aromatic nitrogens is 6. The Morgan fingerprint density at radius 2 is 2.19 bits per heavy atom. The molecule has 136 valence electrons. The molecule has 1 saturated heterocycles. The molecule has 26 heavy (non-hydrogen) atoms. The third-order valence-electron chi connectivity index (χ3n) is 4.42. The molecule has 3 aromatic heterocycles. The number of H-pyrrole nitrogens is 1. The second-order valence-electron chi connectivity index (χ2n) is 6.10. The molecule has 1 unspecified atom stereocenters. The average molecular weight is 365 g/mol. The van der Waals surface area contributed by atoms with E-state index >= 15 is 0 Å². The zero-order valence-electron chi connectivity index (χ0n) is 13.4. The van der Waals surface area contributed by atoms with Crippen molar-refractivity contribution in [1.29, 1.82) is 0 Å². The summed E-state index contributed by atoms with van der Waals surface area (Å²) in [6.07, 6.45) is -0.752. The molecular formula is C15H14F3N7O. The fourth-order valence-corrected chi connectivity index (χ4v) is 3.19. The molecule has 0 aromatic carbocycles. The molecular weight excluding hydrogens is 351 g/mol. The van der Waals surface area contributed by atoms with Crippen molar-refractivity contribution in [2.45, 2.75) is 24.9 Å². The van der Waals surface area contributed by atoms with Gasteiger partial charge in [-0.25, -0.2) is 4.98 Å². The first-order valence-corrected chi connectivity index (χ1v) is 8.00.